The maximum Gasteiger partial charge on any atom is 0.248 e. The van der Waals surface area contributed by atoms with Crippen LogP contribution in [0.3, 0.4) is 0 Å². The summed E-state index contributed by atoms with van der Waals surface area (Å²) in [6, 6.07) is 0. The Morgan fingerprint density at radius 1 is 1.11 bits per heavy atom. The van der Waals surface area contributed by atoms with Crippen LogP contribution in [0.25, 0.3) is 0 Å². The van der Waals surface area contributed by atoms with Crippen molar-refractivity contribution in [3.8, 4) is 0 Å². The summed E-state index contributed by atoms with van der Waals surface area (Å²) < 4.78 is 11.7. The van der Waals surface area contributed by atoms with Gasteiger partial charge in [0.1, 0.15) is 0 Å². The molecule has 0 saturated carbocycles. The van der Waals surface area contributed by atoms with E-state index in [2.05, 4.69) is 6.58 Å². The summed E-state index contributed by atoms with van der Waals surface area (Å²) in [5.41, 5.74) is -0.153. The molecule has 0 aliphatic heterocycles. The molecule has 0 bridgehead atoms. The zero-order valence-electron chi connectivity index (χ0n) is 13.7. The monoisotopic (exact) mass is 271 g/mol. The Bertz CT molecular complexity index is 307. The van der Waals surface area contributed by atoms with Crippen LogP contribution in [-0.4, -0.2) is 41.9 Å². The molecule has 1 amide bonds. The van der Waals surface area contributed by atoms with Gasteiger partial charge in [-0.15, -0.1) is 0 Å². The second kappa shape index (κ2) is 6.53. The second-order valence-electron chi connectivity index (χ2n) is 6.86. The van der Waals surface area contributed by atoms with Crippen molar-refractivity contribution in [2.75, 3.05) is 13.6 Å². The smallest absolute Gasteiger partial charge is 0.248 e. The number of hydrogen-bond donors (Lipinski definition) is 0. The van der Waals surface area contributed by atoms with Crippen molar-refractivity contribution in [3.05, 3.63) is 12.2 Å². The molecule has 0 heterocycles. The minimum atomic E-state index is -0.465. The first kappa shape index (κ1) is 18.1. The lowest BCUT2D eigenvalue weighted by atomic mass is 10.2. The number of hydrogen-bond acceptors (Lipinski definition) is 3. The van der Waals surface area contributed by atoms with E-state index in [1.54, 1.807) is 18.9 Å². The Balaban J connectivity index is 4.76. The van der Waals surface area contributed by atoms with E-state index in [4.69, 9.17) is 9.47 Å². The van der Waals surface area contributed by atoms with Crippen molar-refractivity contribution >= 4 is 5.91 Å². The van der Waals surface area contributed by atoms with E-state index in [0.29, 0.717) is 12.1 Å². The zero-order valence-corrected chi connectivity index (χ0v) is 13.7. The fourth-order valence-corrected chi connectivity index (χ4v) is 1.52. The summed E-state index contributed by atoms with van der Waals surface area (Å²) in [7, 11) is 1.72. The van der Waals surface area contributed by atoms with Gasteiger partial charge in [0.2, 0.25) is 5.91 Å². The normalized spacial score (nSPS) is 12.7. The highest BCUT2D eigenvalue weighted by Crippen LogP contribution is 2.18. The molecule has 0 spiro atoms. The maximum absolute atomic E-state index is 11.8. The molecule has 0 atom stereocenters. The van der Waals surface area contributed by atoms with Gasteiger partial charge in [-0.1, -0.05) is 6.58 Å². The number of carbonyl (C=O) groups is 1. The van der Waals surface area contributed by atoms with Crippen molar-refractivity contribution in [3.63, 3.8) is 0 Å². The first-order chi connectivity index (χ1) is 8.32. The van der Waals surface area contributed by atoms with Crippen LogP contribution in [0.5, 0.6) is 0 Å². The molecule has 0 N–H and O–H groups in total. The Morgan fingerprint density at radius 2 is 1.47 bits per heavy atom. The first-order valence-corrected chi connectivity index (χ1v) is 6.58. The highest BCUT2D eigenvalue weighted by molar-refractivity contribution is 5.91. The highest BCUT2D eigenvalue weighted by Gasteiger charge is 2.26. The van der Waals surface area contributed by atoms with Crippen LogP contribution in [-0.2, 0) is 14.3 Å². The maximum atomic E-state index is 11.8. The Labute approximate surface area is 117 Å². The van der Waals surface area contributed by atoms with E-state index < -0.39 is 6.29 Å². The molecular formula is C15H29NO3. The van der Waals surface area contributed by atoms with Crippen LogP contribution in [0.15, 0.2) is 12.2 Å². The van der Waals surface area contributed by atoms with E-state index in [1.807, 2.05) is 41.5 Å². The van der Waals surface area contributed by atoms with Crippen molar-refractivity contribution in [1.29, 1.82) is 0 Å². The molecule has 4 nitrogen and oxygen atoms in total. The van der Waals surface area contributed by atoms with Gasteiger partial charge >= 0.3 is 0 Å². The molecule has 0 aromatic heterocycles. The predicted octanol–water partition coefficient (Wildman–Crippen LogP) is 2.98. The third-order valence-corrected chi connectivity index (χ3v) is 2.10. The second-order valence-corrected chi connectivity index (χ2v) is 6.86. The molecule has 4 heteroatoms. The average Bonchev–Trinajstić information content (AvgIpc) is 2.10. The summed E-state index contributed by atoms with van der Waals surface area (Å²) in [6.45, 7) is 17.5. The quantitative estimate of drug-likeness (QED) is 0.570. The topological polar surface area (TPSA) is 38.8 Å². The third-order valence-electron chi connectivity index (χ3n) is 2.10. The fourth-order valence-electron chi connectivity index (χ4n) is 1.52. The SMILES string of the molecule is C=C(C)C(=O)N(C)CC(OC(C)(C)C)OC(C)(C)C. The standard InChI is InChI=1S/C15H29NO3/c1-11(2)13(17)16(9)10-12(18-14(3,4)5)19-15(6,7)8/h12H,1,10H2,2-9H3. The first-order valence-electron chi connectivity index (χ1n) is 6.58. The number of rotatable bonds is 5. The number of carbonyl (C=O) groups excluding carboxylic acids is 1. The van der Waals surface area contributed by atoms with Crippen LogP contribution >= 0.6 is 0 Å². The molecule has 0 radical (unpaired) electrons. The Morgan fingerprint density at radius 3 is 1.74 bits per heavy atom. The molecular weight excluding hydrogens is 242 g/mol. The van der Waals surface area contributed by atoms with E-state index in [0.717, 1.165) is 0 Å². The largest absolute Gasteiger partial charge is 0.345 e. The van der Waals surface area contributed by atoms with Gasteiger partial charge in [0, 0.05) is 12.6 Å². The summed E-state index contributed by atoms with van der Waals surface area (Å²) in [5.74, 6) is -0.0972. The van der Waals surface area contributed by atoms with Gasteiger partial charge in [-0.25, -0.2) is 0 Å². The van der Waals surface area contributed by atoms with Crippen molar-refractivity contribution < 1.29 is 14.3 Å². The summed E-state index contributed by atoms with van der Waals surface area (Å²) >= 11 is 0. The minimum absolute atomic E-state index is 0.0972. The summed E-state index contributed by atoms with van der Waals surface area (Å²) in [6.07, 6.45) is -0.465. The predicted molar refractivity (Wildman–Crippen MR) is 77.9 cm³/mol. The molecule has 0 aliphatic rings. The van der Waals surface area contributed by atoms with Gasteiger partial charge in [-0.3, -0.25) is 4.79 Å². The van der Waals surface area contributed by atoms with E-state index >= 15 is 0 Å². The van der Waals surface area contributed by atoms with Crippen LogP contribution in [0, 0.1) is 0 Å². The summed E-state index contributed by atoms with van der Waals surface area (Å²) in [5, 5.41) is 0. The highest BCUT2D eigenvalue weighted by atomic mass is 16.7. The van der Waals surface area contributed by atoms with E-state index in [9.17, 15) is 4.79 Å². The molecule has 0 saturated heterocycles. The molecule has 0 rings (SSSR count). The van der Waals surface area contributed by atoms with Crippen molar-refractivity contribution in [2.45, 2.75) is 66.0 Å². The van der Waals surface area contributed by atoms with Gasteiger partial charge in [0.05, 0.1) is 17.7 Å². The zero-order chi connectivity index (χ0) is 15.4. The lowest BCUT2D eigenvalue weighted by Crippen LogP contribution is -2.43. The summed E-state index contributed by atoms with van der Waals surface area (Å²) in [4.78, 5) is 13.4. The van der Waals surface area contributed by atoms with Gasteiger partial charge < -0.3 is 14.4 Å². The van der Waals surface area contributed by atoms with Crippen molar-refractivity contribution in [2.24, 2.45) is 0 Å². The third kappa shape index (κ3) is 8.78. The van der Waals surface area contributed by atoms with Gasteiger partial charge in [0.15, 0.2) is 6.29 Å². The van der Waals surface area contributed by atoms with Gasteiger partial charge in [-0.2, -0.15) is 0 Å². The minimum Gasteiger partial charge on any atom is -0.345 e. The van der Waals surface area contributed by atoms with Crippen LogP contribution in [0.2, 0.25) is 0 Å². The number of likely N-dealkylation sites (N-methyl/N-ethyl adjacent to an activating group) is 1. The molecule has 0 aliphatic carbocycles. The molecule has 112 valence electrons. The van der Waals surface area contributed by atoms with Crippen LogP contribution < -0.4 is 0 Å². The lowest BCUT2D eigenvalue weighted by molar-refractivity contribution is -0.237. The Kier molecular flexibility index (Phi) is 6.23. The van der Waals surface area contributed by atoms with Gasteiger partial charge in [0.25, 0.3) is 0 Å². The Hall–Kier alpha value is -0.870. The molecule has 0 aromatic carbocycles. The number of amides is 1. The number of nitrogens with zero attached hydrogens (tertiary/aromatic N) is 1. The molecule has 19 heavy (non-hydrogen) atoms. The molecule has 0 aromatic rings. The van der Waals surface area contributed by atoms with Crippen LogP contribution in [0.4, 0.5) is 0 Å². The fraction of sp³-hybridized carbons (Fsp3) is 0.800. The number of ether oxygens (including phenoxy) is 2. The molecule has 0 fully saturated rings. The van der Waals surface area contributed by atoms with E-state index in [-0.39, 0.29) is 17.1 Å². The van der Waals surface area contributed by atoms with Crippen molar-refractivity contribution in [1.82, 2.24) is 4.90 Å². The lowest BCUT2D eigenvalue weighted by Gasteiger charge is -2.34. The molecule has 0 unspecified atom stereocenters. The average molecular weight is 271 g/mol. The van der Waals surface area contributed by atoms with E-state index in [1.165, 1.54) is 0 Å². The van der Waals surface area contributed by atoms with Gasteiger partial charge in [-0.05, 0) is 48.5 Å². The van der Waals surface area contributed by atoms with Crippen LogP contribution in [0.1, 0.15) is 48.5 Å².